The highest BCUT2D eigenvalue weighted by Crippen LogP contribution is 2.60. The second kappa shape index (κ2) is 10.0. The Balaban J connectivity index is 1.02. The van der Waals surface area contributed by atoms with Crippen molar-refractivity contribution >= 4 is 15.8 Å². The second-order valence-corrected chi connectivity index (χ2v) is 14.2. The van der Waals surface area contributed by atoms with E-state index in [2.05, 4.69) is 15.3 Å². The zero-order valence-electron chi connectivity index (χ0n) is 22.9. The largest absolute Gasteiger partial charge is 0.497 e. The highest BCUT2D eigenvalue weighted by atomic mass is 32.2. The molecule has 1 aliphatic heterocycles. The van der Waals surface area contributed by atoms with Gasteiger partial charge >= 0.3 is 0 Å². The van der Waals surface area contributed by atoms with Crippen molar-refractivity contribution in [3.05, 3.63) is 66.1 Å². The predicted octanol–water partition coefficient (Wildman–Crippen LogP) is 5.65. The standard InChI is InChI=1S/C31H36N4O4S/c1-38-24-2-4-25(5-3-24)39-26-6-8-27(9-7-26)40(36,37)35-11-10-28-29(18-35)33-20-34-30(28)32-19-31-15-21-12-22(16-31)14-23(13-21)17-31/h2-9,20-23H,10-19H2,1H3,(H,32,33,34). The number of methoxy groups -OCH3 is 1. The maximum absolute atomic E-state index is 13.5. The van der Waals surface area contributed by atoms with Crippen LogP contribution in [0.3, 0.4) is 0 Å². The molecule has 0 saturated heterocycles. The van der Waals surface area contributed by atoms with Crippen LogP contribution in [0.4, 0.5) is 5.82 Å². The molecular formula is C31H36N4O4S. The Morgan fingerprint density at radius 3 is 2.12 bits per heavy atom. The zero-order valence-corrected chi connectivity index (χ0v) is 23.7. The molecule has 0 amide bonds. The summed E-state index contributed by atoms with van der Waals surface area (Å²) in [6.45, 7) is 1.61. The van der Waals surface area contributed by atoms with Crippen molar-refractivity contribution in [1.82, 2.24) is 14.3 Å². The van der Waals surface area contributed by atoms with Crippen LogP contribution >= 0.6 is 0 Å². The number of ether oxygens (including phenoxy) is 2. The molecule has 2 aromatic carbocycles. The molecule has 9 heteroatoms. The molecule has 1 aromatic heterocycles. The summed E-state index contributed by atoms with van der Waals surface area (Å²) in [5.74, 6) is 5.58. The summed E-state index contributed by atoms with van der Waals surface area (Å²) >= 11 is 0. The van der Waals surface area contributed by atoms with Gasteiger partial charge in [-0.2, -0.15) is 4.31 Å². The minimum absolute atomic E-state index is 0.243. The smallest absolute Gasteiger partial charge is 0.243 e. The first-order chi connectivity index (χ1) is 19.4. The molecule has 3 aromatic rings. The van der Waals surface area contributed by atoms with E-state index in [0.717, 1.165) is 47.1 Å². The molecule has 0 spiro atoms. The van der Waals surface area contributed by atoms with Gasteiger partial charge in [0.1, 0.15) is 29.4 Å². The fourth-order valence-corrected chi connectivity index (χ4v) is 9.48. The molecule has 0 unspecified atom stereocenters. The molecule has 2 heterocycles. The van der Waals surface area contributed by atoms with Crippen molar-refractivity contribution in [1.29, 1.82) is 0 Å². The van der Waals surface area contributed by atoms with E-state index in [1.165, 1.54) is 42.8 Å². The molecule has 8 rings (SSSR count). The van der Waals surface area contributed by atoms with E-state index in [1.54, 1.807) is 37.7 Å². The van der Waals surface area contributed by atoms with Crippen molar-refractivity contribution in [2.75, 3.05) is 25.5 Å². The molecule has 210 valence electrons. The number of fused-ring (bicyclic) bond motifs is 1. The van der Waals surface area contributed by atoms with E-state index in [0.29, 0.717) is 29.9 Å². The number of aromatic nitrogens is 2. The van der Waals surface area contributed by atoms with Crippen molar-refractivity contribution in [2.45, 2.75) is 56.4 Å². The van der Waals surface area contributed by atoms with Crippen LogP contribution in [0.5, 0.6) is 17.2 Å². The molecular weight excluding hydrogens is 524 g/mol. The average molecular weight is 561 g/mol. The lowest BCUT2D eigenvalue weighted by Gasteiger charge is -2.57. The number of rotatable bonds is 8. The summed E-state index contributed by atoms with van der Waals surface area (Å²) < 4.78 is 39.6. The van der Waals surface area contributed by atoms with Gasteiger partial charge in [-0.15, -0.1) is 0 Å². The van der Waals surface area contributed by atoms with Crippen LogP contribution in [0.15, 0.2) is 59.8 Å². The average Bonchev–Trinajstić information content (AvgIpc) is 2.96. The van der Waals surface area contributed by atoms with Gasteiger partial charge in [-0.25, -0.2) is 18.4 Å². The minimum Gasteiger partial charge on any atom is -0.497 e. The van der Waals surface area contributed by atoms with Crippen LogP contribution in [0, 0.1) is 23.2 Å². The topological polar surface area (TPSA) is 93.7 Å². The number of sulfonamides is 1. The Morgan fingerprint density at radius 1 is 0.900 bits per heavy atom. The SMILES string of the molecule is COc1ccc(Oc2ccc(S(=O)(=O)N3CCc4c(ncnc4NCC45CC6CC(CC(C6)C4)C5)C3)cc2)cc1. The van der Waals surface area contributed by atoms with Crippen LogP contribution in [0.1, 0.15) is 49.8 Å². The van der Waals surface area contributed by atoms with Gasteiger partial charge in [-0.05, 0) is 117 Å². The third kappa shape index (κ3) is 4.83. The summed E-state index contributed by atoms with van der Waals surface area (Å²) in [5, 5.41) is 3.71. The number of anilines is 1. The van der Waals surface area contributed by atoms with E-state index in [1.807, 2.05) is 24.3 Å². The number of nitrogens with zero attached hydrogens (tertiary/aromatic N) is 3. The molecule has 40 heavy (non-hydrogen) atoms. The summed E-state index contributed by atoms with van der Waals surface area (Å²) in [4.78, 5) is 9.34. The molecule has 5 aliphatic rings. The van der Waals surface area contributed by atoms with Gasteiger partial charge in [0.2, 0.25) is 10.0 Å². The van der Waals surface area contributed by atoms with E-state index in [-0.39, 0.29) is 11.4 Å². The first-order valence-corrected chi connectivity index (χ1v) is 15.8. The molecule has 0 atom stereocenters. The summed E-state index contributed by atoms with van der Waals surface area (Å²) in [5.41, 5.74) is 2.25. The van der Waals surface area contributed by atoms with Gasteiger partial charge in [-0.1, -0.05) is 0 Å². The maximum atomic E-state index is 13.5. The van der Waals surface area contributed by atoms with Crippen molar-refractivity contribution in [3.8, 4) is 17.2 Å². The lowest BCUT2D eigenvalue weighted by molar-refractivity contribution is -0.0444. The molecule has 8 nitrogen and oxygen atoms in total. The lowest BCUT2D eigenvalue weighted by Crippen LogP contribution is -2.49. The van der Waals surface area contributed by atoms with Crippen molar-refractivity contribution in [3.63, 3.8) is 0 Å². The number of nitrogens with one attached hydrogen (secondary N) is 1. The third-order valence-electron chi connectivity index (χ3n) is 9.52. The second-order valence-electron chi connectivity index (χ2n) is 12.3. The monoisotopic (exact) mass is 560 g/mol. The molecule has 1 N–H and O–H groups in total. The Hall–Kier alpha value is -3.17. The minimum atomic E-state index is -3.68. The first-order valence-electron chi connectivity index (χ1n) is 14.4. The van der Waals surface area contributed by atoms with Gasteiger partial charge in [0.25, 0.3) is 0 Å². The number of hydrogen-bond donors (Lipinski definition) is 1. The van der Waals surface area contributed by atoms with Gasteiger partial charge in [0, 0.05) is 18.7 Å². The van der Waals surface area contributed by atoms with Crippen LogP contribution in [0.25, 0.3) is 0 Å². The fraction of sp³-hybridized carbons (Fsp3) is 0.484. The number of benzene rings is 2. The number of hydrogen-bond acceptors (Lipinski definition) is 7. The van der Waals surface area contributed by atoms with Crippen LogP contribution in [-0.4, -0.2) is 42.9 Å². The van der Waals surface area contributed by atoms with E-state index < -0.39 is 10.0 Å². The first kappa shape index (κ1) is 25.8. The summed E-state index contributed by atoms with van der Waals surface area (Å²) in [7, 11) is -2.07. The Labute approximate surface area is 236 Å². The van der Waals surface area contributed by atoms with Gasteiger partial charge in [-0.3, -0.25) is 0 Å². The highest BCUT2D eigenvalue weighted by molar-refractivity contribution is 7.89. The summed E-state index contributed by atoms with van der Waals surface area (Å²) in [6, 6.07) is 13.8. The third-order valence-corrected chi connectivity index (χ3v) is 11.4. The lowest BCUT2D eigenvalue weighted by atomic mass is 9.49. The van der Waals surface area contributed by atoms with Crippen molar-refractivity contribution < 1.29 is 17.9 Å². The summed E-state index contributed by atoms with van der Waals surface area (Å²) in [6.07, 6.45) is 10.5. The predicted molar refractivity (Wildman–Crippen MR) is 152 cm³/mol. The van der Waals surface area contributed by atoms with Crippen LogP contribution in [0.2, 0.25) is 0 Å². The van der Waals surface area contributed by atoms with Gasteiger partial charge < -0.3 is 14.8 Å². The van der Waals surface area contributed by atoms with E-state index >= 15 is 0 Å². The normalized spacial score (nSPS) is 27.3. The Kier molecular flexibility index (Phi) is 6.46. The molecule has 4 aliphatic carbocycles. The van der Waals surface area contributed by atoms with Gasteiger partial charge in [0.15, 0.2) is 0 Å². The van der Waals surface area contributed by atoms with Gasteiger partial charge in [0.05, 0.1) is 24.2 Å². The van der Waals surface area contributed by atoms with E-state index in [4.69, 9.17) is 9.47 Å². The molecule has 4 fully saturated rings. The Bertz CT molecular complexity index is 1460. The maximum Gasteiger partial charge on any atom is 0.243 e. The fourth-order valence-electron chi connectivity index (χ4n) is 8.07. The van der Waals surface area contributed by atoms with Crippen LogP contribution in [-0.2, 0) is 23.0 Å². The molecule has 4 saturated carbocycles. The quantitative estimate of drug-likeness (QED) is 0.380. The zero-order chi connectivity index (χ0) is 27.3. The van der Waals surface area contributed by atoms with Crippen LogP contribution < -0.4 is 14.8 Å². The Morgan fingerprint density at radius 2 is 1.50 bits per heavy atom. The van der Waals surface area contributed by atoms with E-state index in [9.17, 15) is 8.42 Å². The molecule has 4 bridgehead atoms. The highest BCUT2D eigenvalue weighted by Gasteiger charge is 2.50. The van der Waals surface area contributed by atoms with Crippen molar-refractivity contribution in [2.24, 2.45) is 23.2 Å². The molecule has 0 radical (unpaired) electrons.